The van der Waals surface area contributed by atoms with Gasteiger partial charge in [-0.3, -0.25) is 9.59 Å². The van der Waals surface area contributed by atoms with Gasteiger partial charge in [0.2, 0.25) is 0 Å². The van der Waals surface area contributed by atoms with E-state index in [1.807, 2.05) is 36.4 Å². The van der Waals surface area contributed by atoms with Crippen LogP contribution in [0.15, 0.2) is 64.0 Å². The quantitative estimate of drug-likeness (QED) is 0.755. The van der Waals surface area contributed by atoms with E-state index < -0.39 is 0 Å². The van der Waals surface area contributed by atoms with E-state index in [1.54, 1.807) is 6.07 Å². The maximum Gasteiger partial charge on any atom is 0.251 e. The summed E-state index contributed by atoms with van der Waals surface area (Å²) in [6, 6.07) is 14.7. The second kappa shape index (κ2) is 7.98. The highest BCUT2D eigenvalue weighted by Gasteiger charge is 2.21. The maximum atomic E-state index is 12.8. The molecule has 0 bridgehead atoms. The van der Waals surface area contributed by atoms with Gasteiger partial charge in [-0.05, 0) is 61.3 Å². The van der Waals surface area contributed by atoms with Gasteiger partial charge in [0, 0.05) is 24.2 Å². The van der Waals surface area contributed by atoms with Crippen LogP contribution in [0, 0.1) is 0 Å². The van der Waals surface area contributed by atoms with Gasteiger partial charge in [-0.1, -0.05) is 25.1 Å². The summed E-state index contributed by atoms with van der Waals surface area (Å²) in [4.78, 5) is 27.0. The highest BCUT2D eigenvalue weighted by atomic mass is 16.3. The van der Waals surface area contributed by atoms with Crippen molar-refractivity contribution in [3.05, 3.63) is 70.6 Å². The largest absolute Gasteiger partial charge is 0.464 e. The van der Waals surface area contributed by atoms with Gasteiger partial charge < -0.3 is 14.6 Å². The van der Waals surface area contributed by atoms with Crippen LogP contribution in [-0.2, 0) is 0 Å². The highest BCUT2D eigenvalue weighted by molar-refractivity contribution is 5.96. The molecule has 5 nitrogen and oxygen atoms in total. The van der Waals surface area contributed by atoms with Gasteiger partial charge in [-0.2, -0.15) is 0 Å². The van der Waals surface area contributed by atoms with E-state index in [0.29, 0.717) is 16.5 Å². The molecular formula is C23H24N2O3. The second-order valence-corrected chi connectivity index (χ2v) is 7.28. The third-order valence-corrected chi connectivity index (χ3v) is 5.41. The van der Waals surface area contributed by atoms with Crippen molar-refractivity contribution >= 4 is 16.9 Å². The Bertz CT molecular complexity index is 1060. The first-order valence-corrected chi connectivity index (χ1v) is 9.79. The van der Waals surface area contributed by atoms with Crippen LogP contribution in [-0.4, -0.2) is 36.5 Å². The molecule has 2 aromatic carbocycles. The molecule has 0 saturated carbocycles. The van der Waals surface area contributed by atoms with Gasteiger partial charge in [0.05, 0.1) is 11.6 Å². The van der Waals surface area contributed by atoms with E-state index in [0.717, 1.165) is 43.6 Å². The van der Waals surface area contributed by atoms with Crippen LogP contribution >= 0.6 is 0 Å². The second-order valence-electron chi connectivity index (χ2n) is 7.28. The molecule has 28 heavy (non-hydrogen) atoms. The SMILES string of the molecule is CCN1CCC[C@H](NC(=O)c2cccc(-c3ccc4c(=O)ccoc4c3)c2)C1. The Morgan fingerprint density at radius 2 is 2.04 bits per heavy atom. The van der Waals surface area contributed by atoms with Crippen molar-refractivity contribution in [2.75, 3.05) is 19.6 Å². The minimum atomic E-state index is -0.0606. The normalized spacial score (nSPS) is 17.5. The van der Waals surface area contributed by atoms with Crippen molar-refractivity contribution in [3.8, 4) is 11.1 Å². The smallest absolute Gasteiger partial charge is 0.251 e. The van der Waals surface area contributed by atoms with Crippen molar-refractivity contribution in [1.29, 1.82) is 0 Å². The summed E-state index contributed by atoms with van der Waals surface area (Å²) >= 11 is 0. The molecule has 1 fully saturated rings. The van der Waals surface area contributed by atoms with Gasteiger partial charge >= 0.3 is 0 Å². The van der Waals surface area contributed by atoms with Crippen LogP contribution in [0.25, 0.3) is 22.1 Å². The zero-order chi connectivity index (χ0) is 19.5. The van der Waals surface area contributed by atoms with Gasteiger partial charge in [0.1, 0.15) is 5.58 Å². The van der Waals surface area contributed by atoms with E-state index in [-0.39, 0.29) is 17.4 Å². The predicted molar refractivity (Wildman–Crippen MR) is 111 cm³/mol. The minimum absolute atomic E-state index is 0.0443. The Morgan fingerprint density at radius 1 is 1.18 bits per heavy atom. The summed E-state index contributed by atoms with van der Waals surface area (Å²) in [5, 5.41) is 3.73. The molecule has 0 spiro atoms. The van der Waals surface area contributed by atoms with E-state index in [9.17, 15) is 9.59 Å². The molecule has 1 amide bonds. The standard InChI is InChI=1S/C23H24N2O3/c1-2-25-11-4-7-19(15-25)24-23(27)18-6-3-5-16(13-18)17-8-9-20-21(26)10-12-28-22(20)14-17/h3,5-6,8-10,12-14,19H,2,4,7,11,15H2,1H3,(H,24,27)/t19-/m0/s1. The number of likely N-dealkylation sites (N-methyl/N-ethyl adjacent to an activating group) is 1. The number of hydrogen-bond acceptors (Lipinski definition) is 4. The van der Waals surface area contributed by atoms with Crippen molar-refractivity contribution < 1.29 is 9.21 Å². The molecule has 0 unspecified atom stereocenters. The number of piperidine rings is 1. The molecule has 1 aliphatic heterocycles. The number of likely N-dealkylation sites (tertiary alicyclic amines) is 1. The van der Waals surface area contributed by atoms with Crippen molar-refractivity contribution in [3.63, 3.8) is 0 Å². The lowest BCUT2D eigenvalue weighted by molar-refractivity contribution is 0.0906. The summed E-state index contributed by atoms with van der Waals surface area (Å²) in [6.45, 7) is 5.18. The lowest BCUT2D eigenvalue weighted by atomic mass is 10.0. The molecule has 3 aromatic rings. The first-order valence-electron chi connectivity index (χ1n) is 9.79. The Morgan fingerprint density at radius 3 is 2.89 bits per heavy atom. The molecule has 1 N–H and O–H groups in total. The Kier molecular flexibility index (Phi) is 5.26. The fourth-order valence-corrected chi connectivity index (χ4v) is 3.83. The lowest BCUT2D eigenvalue weighted by Gasteiger charge is -2.32. The number of fused-ring (bicyclic) bond motifs is 1. The maximum absolute atomic E-state index is 12.8. The molecule has 1 saturated heterocycles. The zero-order valence-corrected chi connectivity index (χ0v) is 16.0. The van der Waals surface area contributed by atoms with Gasteiger partial charge in [0.15, 0.2) is 5.43 Å². The first-order chi connectivity index (χ1) is 13.6. The van der Waals surface area contributed by atoms with Gasteiger partial charge in [0.25, 0.3) is 5.91 Å². The fourth-order valence-electron chi connectivity index (χ4n) is 3.83. The van der Waals surface area contributed by atoms with Crippen LogP contribution in [0.1, 0.15) is 30.1 Å². The third-order valence-electron chi connectivity index (χ3n) is 5.41. The number of carbonyl (C=O) groups excluding carboxylic acids is 1. The molecule has 4 rings (SSSR count). The fraction of sp³-hybridized carbons (Fsp3) is 0.304. The van der Waals surface area contributed by atoms with Crippen molar-refractivity contribution in [2.24, 2.45) is 0 Å². The molecule has 1 aliphatic rings. The number of carbonyl (C=O) groups is 1. The molecule has 1 aromatic heterocycles. The minimum Gasteiger partial charge on any atom is -0.464 e. The van der Waals surface area contributed by atoms with Gasteiger partial charge in [-0.25, -0.2) is 0 Å². The van der Waals surface area contributed by atoms with Crippen molar-refractivity contribution in [1.82, 2.24) is 10.2 Å². The number of nitrogens with zero attached hydrogens (tertiary/aromatic N) is 1. The number of nitrogens with one attached hydrogen (secondary N) is 1. The van der Waals surface area contributed by atoms with E-state index in [4.69, 9.17) is 4.42 Å². The molecule has 0 aliphatic carbocycles. The number of amides is 1. The topological polar surface area (TPSA) is 62.6 Å². The molecular weight excluding hydrogens is 352 g/mol. The van der Waals surface area contributed by atoms with E-state index in [1.165, 1.54) is 12.3 Å². The summed E-state index contributed by atoms with van der Waals surface area (Å²) in [5.74, 6) is -0.0443. The monoisotopic (exact) mass is 376 g/mol. The Labute approximate surface area is 164 Å². The number of rotatable bonds is 4. The Balaban J connectivity index is 1.56. The zero-order valence-electron chi connectivity index (χ0n) is 16.0. The van der Waals surface area contributed by atoms with E-state index >= 15 is 0 Å². The number of benzene rings is 2. The average molecular weight is 376 g/mol. The molecule has 2 heterocycles. The van der Waals surface area contributed by atoms with Crippen LogP contribution in [0.4, 0.5) is 0 Å². The number of hydrogen-bond donors (Lipinski definition) is 1. The first kappa shape index (κ1) is 18.4. The van der Waals surface area contributed by atoms with Crippen molar-refractivity contribution in [2.45, 2.75) is 25.8 Å². The summed E-state index contributed by atoms with van der Waals surface area (Å²) < 4.78 is 5.47. The molecule has 144 valence electrons. The van der Waals surface area contributed by atoms with Crippen LogP contribution in [0.5, 0.6) is 0 Å². The Hall–Kier alpha value is -2.92. The van der Waals surface area contributed by atoms with Crippen LogP contribution in [0.3, 0.4) is 0 Å². The molecule has 0 radical (unpaired) electrons. The summed E-state index contributed by atoms with van der Waals surface area (Å²) in [6.07, 6.45) is 3.54. The predicted octanol–water partition coefficient (Wildman–Crippen LogP) is 3.67. The molecule has 1 atom stereocenters. The summed E-state index contributed by atoms with van der Waals surface area (Å²) in [5.41, 5.74) is 2.95. The summed E-state index contributed by atoms with van der Waals surface area (Å²) in [7, 11) is 0. The third kappa shape index (κ3) is 3.85. The lowest BCUT2D eigenvalue weighted by Crippen LogP contribution is -2.47. The van der Waals surface area contributed by atoms with Gasteiger partial charge in [-0.15, -0.1) is 0 Å². The molecule has 5 heteroatoms. The average Bonchev–Trinajstić information content (AvgIpc) is 2.74. The van der Waals surface area contributed by atoms with Crippen LogP contribution < -0.4 is 10.7 Å². The van der Waals surface area contributed by atoms with Crippen LogP contribution in [0.2, 0.25) is 0 Å². The van der Waals surface area contributed by atoms with E-state index in [2.05, 4.69) is 17.1 Å². The highest BCUT2D eigenvalue weighted by Crippen LogP contribution is 2.24.